The zero-order chi connectivity index (χ0) is 17.6. The van der Waals surface area contributed by atoms with E-state index in [1.54, 1.807) is 0 Å². The van der Waals surface area contributed by atoms with E-state index in [0.29, 0.717) is 26.2 Å². The topological polar surface area (TPSA) is 44.4 Å². The van der Waals surface area contributed by atoms with Crippen molar-refractivity contribution < 1.29 is 18.0 Å². The molecule has 1 aromatic carbocycles. The number of rotatable bonds is 6. The normalized spacial score (nSPS) is 16.8. The van der Waals surface area contributed by atoms with Crippen LogP contribution in [0.25, 0.3) is 0 Å². The van der Waals surface area contributed by atoms with Crippen molar-refractivity contribution >= 4 is 18.3 Å². The summed E-state index contributed by atoms with van der Waals surface area (Å²) in [6.45, 7) is 3.36. The molecule has 0 bridgehead atoms. The lowest BCUT2D eigenvalue weighted by molar-refractivity contribution is -0.184. The van der Waals surface area contributed by atoms with E-state index in [9.17, 15) is 18.0 Å². The summed E-state index contributed by atoms with van der Waals surface area (Å²) in [4.78, 5) is 13.4. The second-order valence-electron chi connectivity index (χ2n) is 5.99. The molecule has 0 spiro atoms. The van der Waals surface area contributed by atoms with E-state index in [2.05, 4.69) is 10.6 Å². The second kappa shape index (κ2) is 9.99. The lowest BCUT2D eigenvalue weighted by Crippen LogP contribution is -2.57. The van der Waals surface area contributed by atoms with Gasteiger partial charge in [-0.2, -0.15) is 13.2 Å². The molecule has 1 atom stereocenters. The van der Waals surface area contributed by atoms with Crippen LogP contribution in [0.2, 0.25) is 0 Å². The number of amides is 1. The zero-order valence-electron chi connectivity index (χ0n) is 14.2. The minimum absolute atomic E-state index is 0. The minimum Gasteiger partial charge on any atom is -0.354 e. The van der Waals surface area contributed by atoms with Gasteiger partial charge in [-0.05, 0) is 17.5 Å². The van der Waals surface area contributed by atoms with Crippen LogP contribution >= 0.6 is 12.4 Å². The second-order valence-corrected chi connectivity index (χ2v) is 5.99. The Balaban J connectivity index is 0.00000312. The average molecular weight is 380 g/mol. The summed E-state index contributed by atoms with van der Waals surface area (Å²) < 4.78 is 39.8. The standard InChI is InChI=1S/C17H24F3N3O.ClH/c1-2-13-3-5-14(6-4-13)11-16(24)22-12-15(17(18,19)20)23-9-7-21-8-10-23;/h3-6,15,21H,2,7-12H2,1H3,(H,22,24);1H. The maximum atomic E-state index is 13.3. The van der Waals surface area contributed by atoms with Crippen LogP contribution in [-0.4, -0.2) is 55.7 Å². The van der Waals surface area contributed by atoms with Gasteiger partial charge in [-0.15, -0.1) is 12.4 Å². The molecule has 0 aliphatic carbocycles. The van der Waals surface area contributed by atoms with Crippen molar-refractivity contribution in [2.75, 3.05) is 32.7 Å². The average Bonchev–Trinajstić information content (AvgIpc) is 2.55. The van der Waals surface area contributed by atoms with Gasteiger partial charge in [-0.3, -0.25) is 9.69 Å². The highest BCUT2D eigenvalue weighted by atomic mass is 35.5. The van der Waals surface area contributed by atoms with Gasteiger partial charge in [0.15, 0.2) is 0 Å². The van der Waals surface area contributed by atoms with Gasteiger partial charge >= 0.3 is 6.18 Å². The molecular weight excluding hydrogens is 355 g/mol. The van der Waals surface area contributed by atoms with Crippen molar-refractivity contribution in [3.63, 3.8) is 0 Å². The van der Waals surface area contributed by atoms with Crippen LogP contribution in [0.1, 0.15) is 18.1 Å². The number of aryl methyl sites for hydroxylation is 1. The molecule has 142 valence electrons. The van der Waals surface area contributed by atoms with Crippen LogP contribution in [-0.2, 0) is 17.6 Å². The summed E-state index contributed by atoms with van der Waals surface area (Å²) in [6.07, 6.45) is -3.35. The molecule has 1 aliphatic heterocycles. The van der Waals surface area contributed by atoms with Crippen LogP contribution in [0.15, 0.2) is 24.3 Å². The summed E-state index contributed by atoms with van der Waals surface area (Å²) in [5.41, 5.74) is 1.96. The van der Waals surface area contributed by atoms with Gasteiger partial charge in [-0.1, -0.05) is 31.2 Å². The number of hydrogen-bond acceptors (Lipinski definition) is 3. The Morgan fingerprint density at radius 1 is 1.20 bits per heavy atom. The van der Waals surface area contributed by atoms with Crippen LogP contribution in [0.5, 0.6) is 0 Å². The van der Waals surface area contributed by atoms with Crippen molar-refractivity contribution in [3.8, 4) is 0 Å². The van der Waals surface area contributed by atoms with E-state index in [-0.39, 0.29) is 24.7 Å². The van der Waals surface area contributed by atoms with Gasteiger partial charge in [0.05, 0.1) is 6.42 Å². The van der Waals surface area contributed by atoms with Crippen molar-refractivity contribution in [2.45, 2.75) is 32.0 Å². The fraction of sp³-hybridized carbons (Fsp3) is 0.588. The SMILES string of the molecule is CCc1ccc(CC(=O)NCC(N2CCNCC2)C(F)(F)F)cc1.Cl. The van der Waals surface area contributed by atoms with Crippen molar-refractivity contribution in [1.29, 1.82) is 0 Å². The summed E-state index contributed by atoms with van der Waals surface area (Å²) in [5, 5.41) is 5.47. The first-order valence-electron chi connectivity index (χ1n) is 8.26. The first-order chi connectivity index (χ1) is 11.4. The Morgan fingerprint density at radius 2 is 1.76 bits per heavy atom. The van der Waals surface area contributed by atoms with Gasteiger partial charge in [0.2, 0.25) is 5.91 Å². The van der Waals surface area contributed by atoms with Gasteiger partial charge in [0.25, 0.3) is 0 Å². The molecule has 8 heteroatoms. The van der Waals surface area contributed by atoms with Crippen molar-refractivity contribution in [1.82, 2.24) is 15.5 Å². The van der Waals surface area contributed by atoms with Gasteiger partial charge < -0.3 is 10.6 Å². The molecule has 1 unspecified atom stereocenters. The zero-order valence-corrected chi connectivity index (χ0v) is 15.1. The highest BCUT2D eigenvalue weighted by Crippen LogP contribution is 2.24. The summed E-state index contributed by atoms with van der Waals surface area (Å²) in [5.74, 6) is -0.386. The molecule has 2 N–H and O–H groups in total. The summed E-state index contributed by atoms with van der Waals surface area (Å²) in [7, 11) is 0. The number of alkyl halides is 3. The van der Waals surface area contributed by atoms with Crippen molar-refractivity contribution in [3.05, 3.63) is 35.4 Å². The molecule has 25 heavy (non-hydrogen) atoms. The lowest BCUT2D eigenvalue weighted by atomic mass is 10.1. The third-order valence-electron chi connectivity index (χ3n) is 4.26. The third-order valence-corrected chi connectivity index (χ3v) is 4.26. The molecule has 1 aromatic rings. The van der Waals surface area contributed by atoms with E-state index >= 15 is 0 Å². The van der Waals surface area contributed by atoms with E-state index in [0.717, 1.165) is 17.5 Å². The van der Waals surface area contributed by atoms with E-state index in [1.165, 1.54) is 4.90 Å². The number of nitrogens with zero attached hydrogens (tertiary/aromatic N) is 1. The van der Waals surface area contributed by atoms with Crippen LogP contribution < -0.4 is 10.6 Å². The maximum Gasteiger partial charge on any atom is 0.405 e. The van der Waals surface area contributed by atoms with Gasteiger partial charge in [0, 0.05) is 32.7 Å². The van der Waals surface area contributed by atoms with Crippen LogP contribution in [0.3, 0.4) is 0 Å². The molecular formula is C17H25ClF3N3O. The number of hydrogen-bond donors (Lipinski definition) is 2. The minimum atomic E-state index is -4.35. The van der Waals surface area contributed by atoms with E-state index < -0.39 is 18.8 Å². The molecule has 0 radical (unpaired) electrons. The highest BCUT2D eigenvalue weighted by Gasteiger charge is 2.43. The molecule has 0 aromatic heterocycles. The fourth-order valence-corrected chi connectivity index (χ4v) is 2.80. The Kier molecular flexibility index (Phi) is 8.68. The van der Waals surface area contributed by atoms with Gasteiger partial charge in [-0.25, -0.2) is 0 Å². The van der Waals surface area contributed by atoms with Crippen LogP contribution in [0, 0.1) is 0 Å². The predicted octanol–water partition coefficient (Wildman–Crippen LogP) is 2.17. The molecule has 1 aliphatic rings. The first kappa shape index (κ1) is 21.7. The Labute approximate surface area is 152 Å². The van der Waals surface area contributed by atoms with Gasteiger partial charge in [0.1, 0.15) is 6.04 Å². The Bertz CT molecular complexity index is 531. The largest absolute Gasteiger partial charge is 0.405 e. The number of piperazine rings is 1. The van der Waals surface area contributed by atoms with E-state index in [4.69, 9.17) is 0 Å². The summed E-state index contributed by atoms with van der Waals surface area (Å²) >= 11 is 0. The number of nitrogens with one attached hydrogen (secondary N) is 2. The van der Waals surface area contributed by atoms with Crippen molar-refractivity contribution in [2.24, 2.45) is 0 Å². The third kappa shape index (κ3) is 6.84. The summed E-state index contributed by atoms with van der Waals surface area (Å²) in [6, 6.07) is 5.92. The maximum absolute atomic E-state index is 13.3. The molecule has 4 nitrogen and oxygen atoms in total. The Hall–Kier alpha value is -1.31. The molecule has 1 amide bonds. The lowest BCUT2D eigenvalue weighted by Gasteiger charge is -2.35. The highest BCUT2D eigenvalue weighted by molar-refractivity contribution is 5.85. The smallest absolute Gasteiger partial charge is 0.354 e. The number of carbonyl (C=O) groups excluding carboxylic acids is 1. The first-order valence-corrected chi connectivity index (χ1v) is 8.26. The molecule has 2 rings (SSSR count). The number of benzene rings is 1. The fourth-order valence-electron chi connectivity index (χ4n) is 2.80. The molecule has 0 saturated carbocycles. The molecule has 1 saturated heterocycles. The molecule has 1 fully saturated rings. The van der Waals surface area contributed by atoms with Crippen LogP contribution in [0.4, 0.5) is 13.2 Å². The number of halogens is 4. The van der Waals surface area contributed by atoms with E-state index in [1.807, 2.05) is 31.2 Å². The quantitative estimate of drug-likeness (QED) is 0.796. The monoisotopic (exact) mass is 379 g/mol. The molecule has 1 heterocycles. The number of carbonyl (C=O) groups is 1. The Morgan fingerprint density at radius 3 is 2.28 bits per heavy atom. The predicted molar refractivity (Wildman–Crippen MR) is 94.1 cm³/mol.